The predicted octanol–water partition coefficient (Wildman–Crippen LogP) is 1.14. The molecule has 0 aromatic carbocycles. The number of carbonyl (C=O) groups excluding carboxylic acids is 2. The van der Waals surface area contributed by atoms with Crippen molar-refractivity contribution in [3.8, 4) is 0 Å². The first-order valence-corrected chi connectivity index (χ1v) is 8.23. The third-order valence-corrected chi connectivity index (χ3v) is 6.12. The SMILES string of the molecule is COC(=O)[C@@H]1[C@H](C(=O)OC)ON2C3CC4CC(CC(C4)[C@@H]12)C3. The van der Waals surface area contributed by atoms with E-state index in [1.807, 2.05) is 5.06 Å². The van der Waals surface area contributed by atoms with E-state index in [0.717, 1.165) is 37.5 Å². The summed E-state index contributed by atoms with van der Waals surface area (Å²) in [6, 6.07) is 0.278. The standard InChI is InChI=1S/C16H23NO5/c1-20-15(18)12-13-10-4-8-3-9(5-10)7-11(6-8)17(13)22-14(12)16(19)21-2/h8-14H,3-7H2,1-2H3/t8?,9?,10?,11?,12-,13-,14+/m0/s1. The molecule has 0 radical (unpaired) electrons. The van der Waals surface area contributed by atoms with Crippen molar-refractivity contribution >= 4 is 11.9 Å². The molecule has 5 aliphatic rings. The Balaban J connectivity index is 1.71. The number of hydroxylamine groups is 2. The molecule has 3 aliphatic heterocycles. The maximum atomic E-state index is 12.4. The molecule has 5 fully saturated rings. The summed E-state index contributed by atoms with van der Waals surface area (Å²) in [6.07, 6.45) is 4.96. The van der Waals surface area contributed by atoms with E-state index in [9.17, 15) is 9.59 Å². The van der Waals surface area contributed by atoms with E-state index in [4.69, 9.17) is 14.3 Å². The lowest BCUT2D eigenvalue weighted by atomic mass is 9.66. The Kier molecular flexibility index (Phi) is 3.42. The van der Waals surface area contributed by atoms with Gasteiger partial charge in [-0.3, -0.25) is 9.63 Å². The summed E-state index contributed by atoms with van der Waals surface area (Å²) >= 11 is 0. The highest BCUT2D eigenvalue weighted by atomic mass is 16.7. The molecule has 3 saturated heterocycles. The first-order valence-electron chi connectivity index (χ1n) is 8.23. The minimum absolute atomic E-state index is 0.0446. The van der Waals surface area contributed by atoms with Crippen LogP contribution in [-0.2, 0) is 23.9 Å². The zero-order valence-electron chi connectivity index (χ0n) is 13.1. The van der Waals surface area contributed by atoms with E-state index in [-0.39, 0.29) is 12.0 Å². The fraction of sp³-hybridized carbons (Fsp3) is 0.875. The number of rotatable bonds is 2. The number of esters is 2. The van der Waals surface area contributed by atoms with Gasteiger partial charge in [-0.25, -0.2) is 4.79 Å². The van der Waals surface area contributed by atoms with Crippen LogP contribution in [-0.4, -0.2) is 49.4 Å². The van der Waals surface area contributed by atoms with Gasteiger partial charge in [0.25, 0.3) is 0 Å². The third kappa shape index (κ3) is 2.00. The second-order valence-corrected chi connectivity index (χ2v) is 7.27. The van der Waals surface area contributed by atoms with Crippen molar-refractivity contribution < 1.29 is 23.9 Å². The third-order valence-electron chi connectivity index (χ3n) is 6.12. The lowest BCUT2D eigenvalue weighted by Gasteiger charge is -2.39. The Morgan fingerprint density at radius 3 is 2.18 bits per heavy atom. The summed E-state index contributed by atoms with van der Waals surface area (Å²) < 4.78 is 9.83. The Hall–Kier alpha value is -1.14. The van der Waals surface area contributed by atoms with Crippen molar-refractivity contribution in [2.45, 2.75) is 50.3 Å². The average molecular weight is 309 g/mol. The number of carbonyl (C=O) groups is 2. The molecule has 0 aromatic heterocycles. The van der Waals surface area contributed by atoms with E-state index in [2.05, 4.69) is 0 Å². The molecule has 5 atom stereocenters. The lowest BCUT2D eigenvalue weighted by Crippen LogP contribution is -2.44. The van der Waals surface area contributed by atoms with Crippen LogP contribution in [0.15, 0.2) is 0 Å². The van der Waals surface area contributed by atoms with Crippen LogP contribution in [0.2, 0.25) is 0 Å². The van der Waals surface area contributed by atoms with Gasteiger partial charge in [0.2, 0.25) is 0 Å². The second-order valence-electron chi connectivity index (χ2n) is 7.27. The first-order chi connectivity index (χ1) is 10.6. The minimum atomic E-state index is -0.861. The van der Waals surface area contributed by atoms with Gasteiger partial charge < -0.3 is 9.47 Å². The van der Waals surface area contributed by atoms with Gasteiger partial charge in [-0.15, -0.1) is 0 Å². The fourth-order valence-corrected chi connectivity index (χ4v) is 5.49. The zero-order valence-corrected chi connectivity index (χ0v) is 13.1. The predicted molar refractivity (Wildman–Crippen MR) is 75.4 cm³/mol. The molecule has 3 heterocycles. The second kappa shape index (κ2) is 5.20. The number of nitrogens with zero attached hydrogens (tertiary/aromatic N) is 1. The van der Waals surface area contributed by atoms with Gasteiger partial charge in [-0.05, 0) is 49.9 Å². The van der Waals surface area contributed by atoms with E-state index >= 15 is 0 Å². The van der Waals surface area contributed by atoms with Crippen LogP contribution in [0.5, 0.6) is 0 Å². The molecule has 6 heteroatoms. The summed E-state index contributed by atoms with van der Waals surface area (Å²) in [6.45, 7) is 0. The maximum Gasteiger partial charge on any atom is 0.338 e. The van der Waals surface area contributed by atoms with Crippen LogP contribution in [0.25, 0.3) is 0 Å². The number of ether oxygens (including phenoxy) is 2. The summed E-state index contributed by atoms with van der Waals surface area (Å²) in [5, 5.41) is 1.98. The van der Waals surface area contributed by atoms with E-state index in [0.29, 0.717) is 12.0 Å². The van der Waals surface area contributed by atoms with Crippen LogP contribution in [0, 0.1) is 23.7 Å². The van der Waals surface area contributed by atoms with Gasteiger partial charge in [-0.1, -0.05) is 0 Å². The van der Waals surface area contributed by atoms with Crippen LogP contribution < -0.4 is 0 Å². The average Bonchev–Trinajstić information content (AvgIpc) is 2.85. The van der Waals surface area contributed by atoms with Crippen LogP contribution >= 0.6 is 0 Å². The zero-order chi connectivity index (χ0) is 15.4. The molecule has 2 saturated carbocycles. The molecular weight excluding hydrogens is 286 g/mol. The highest BCUT2D eigenvalue weighted by molar-refractivity contribution is 5.85. The Bertz CT molecular complexity index is 481. The Morgan fingerprint density at radius 1 is 0.955 bits per heavy atom. The molecule has 122 valence electrons. The monoisotopic (exact) mass is 309 g/mol. The van der Waals surface area contributed by atoms with Gasteiger partial charge >= 0.3 is 11.9 Å². The normalized spacial score (nSPS) is 46.2. The fourth-order valence-electron chi connectivity index (χ4n) is 5.49. The molecule has 6 nitrogen and oxygen atoms in total. The van der Waals surface area contributed by atoms with Gasteiger partial charge in [-0.2, -0.15) is 5.06 Å². The molecule has 0 amide bonds. The highest BCUT2D eigenvalue weighted by Gasteiger charge is 2.60. The van der Waals surface area contributed by atoms with Crippen LogP contribution in [0.3, 0.4) is 0 Å². The number of methoxy groups -OCH3 is 2. The highest BCUT2D eigenvalue weighted by Crippen LogP contribution is 2.54. The Labute approximate surface area is 130 Å². The van der Waals surface area contributed by atoms with Crippen LogP contribution in [0.1, 0.15) is 32.1 Å². The van der Waals surface area contributed by atoms with E-state index in [1.165, 1.54) is 20.6 Å². The van der Waals surface area contributed by atoms with Crippen molar-refractivity contribution in [2.24, 2.45) is 23.7 Å². The molecule has 0 N–H and O–H groups in total. The van der Waals surface area contributed by atoms with Gasteiger partial charge in [0.05, 0.1) is 20.3 Å². The largest absolute Gasteiger partial charge is 0.469 e. The van der Waals surface area contributed by atoms with E-state index < -0.39 is 18.0 Å². The minimum Gasteiger partial charge on any atom is -0.469 e. The smallest absolute Gasteiger partial charge is 0.338 e. The molecule has 5 rings (SSSR count). The number of hydrogen-bond donors (Lipinski definition) is 0. The lowest BCUT2D eigenvalue weighted by molar-refractivity contribution is -0.206. The summed E-state index contributed by atoms with van der Waals surface area (Å²) in [7, 11) is 2.71. The molecule has 0 aromatic rings. The topological polar surface area (TPSA) is 65.1 Å². The number of hydrogen-bond acceptors (Lipinski definition) is 6. The maximum absolute atomic E-state index is 12.4. The van der Waals surface area contributed by atoms with Crippen molar-refractivity contribution in [3.05, 3.63) is 0 Å². The quantitative estimate of drug-likeness (QED) is 0.713. The van der Waals surface area contributed by atoms with Gasteiger partial charge in [0.15, 0.2) is 6.10 Å². The van der Waals surface area contributed by atoms with Crippen molar-refractivity contribution in [1.29, 1.82) is 0 Å². The van der Waals surface area contributed by atoms with Crippen molar-refractivity contribution in [1.82, 2.24) is 5.06 Å². The van der Waals surface area contributed by atoms with Crippen molar-refractivity contribution in [2.75, 3.05) is 14.2 Å². The van der Waals surface area contributed by atoms with E-state index in [1.54, 1.807) is 0 Å². The van der Waals surface area contributed by atoms with Gasteiger partial charge in [0.1, 0.15) is 5.92 Å². The van der Waals surface area contributed by atoms with Crippen LogP contribution in [0.4, 0.5) is 0 Å². The Morgan fingerprint density at radius 2 is 1.59 bits per heavy atom. The molecule has 2 unspecified atom stereocenters. The van der Waals surface area contributed by atoms with Gasteiger partial charge in [0, 0.05) is 6.04 Å². The molecule has 0 spiro atoms. The molecular formula is C16H23NO5. The molecule has 2 aliphatic carbocycles. The summed E-state index contributed by atoms with van der Waals surface area (Å²) in [4.78, 5) is 30.4. The summed E-state index contributed by atoms with van der Waals surface area (Å²) in [5.74, 6) is 0.490. The summed E-state index contributed by atoms with van der Waals surface area (Å²) in [5.41, 5.74) is 0. The molecule has 4 bridgehead atoms. The van der Waals surface area contributed by atoms with Crippen molar-refractivity contribution in [3.63, 3.8) is 0 Å². The molecule has 22 heavy (non-hydrogen) atoms. The first kappa shape index (κ1) is 14.5.